The molecule has 1 amide bonds. The number of nitrogens with one attached hydrogen (secondary N) is 1. The summed E-state index contributed by atoms with van der Waals surface area (Å²) in [6.45, 7) is 5.88. The molecule has 0 saturated carbocycles. The number of hydrogen-bond acceptors (Lipinski definition) is 2. The first kappa shape index (κ1) is 13.3. The van der Waals surface area contributed by atoms with Crippen molar-refractivity contribution < 1.29 is 9.53 Å². The van der Waals surface area contributed by atoms with Crippen molar-refractivity contribution in [1.82, 2.24) is 5.32 Å². The molecule has 92 valence electrons. The molecule has 1 aromatic rings. The van der Waals surface area contributed by atoms with Crippen molar-refractivity contribution in [2.24, 2.45) is 0 Å². The molecule has 0 unspecified atom stereocenters. The Hall–Kier alpha value is -1.77. The molecule has 1 rings (SSSR count). The van der Waals surface area contributed by atoms with E-state index < -0.39 is 0 Å². The zero-order valence-corrected chi connectivity index (χ0v) is 10.2. The second kappa shape index (κ2) is 7.49. The van der Waals surface area contributed by atoms with Crippen LogP contribution in [0.2, 0.25) is 0 Å². The molecular weight excluding hydrogens is 214 g/mol. The van der Waals surface area contributed by atoms with E-state index >= 15 is 0 Å². The minimum Gasteiger partial charge on any atom is -0.450 e. The van der Waals surface area contributed by atoms with Gasteiger partial charge in [0.15, 0.2) is 0 Å². The minimum atomic E-state index is -0.365. The lowest BCUT2D eigenvalue weighted by Crippen LogP contribution is -2.36. The molecule has 3 nitrogen and oxygen atoms in total. The van der Waals surface area contributed by atoms with Crippen LogP contribution in [0.1, 0.15) is 18.9 Å². The van der Waals surface area contributed by atoms with Crippen LogP contribution in [0.5, 0.6) is 0 Å². The molecule has 0 fully saturated rings. The molecular formula is C14H19NO2. The van der Waals surface area contributed by atoms with Gasteiger partial charge in [-0.05, 0) is 25.3 Å². The van der Waals surface area contributed by atoms with Gasteiger partial charge in [-0.2, -0.15) is 0 Å². The molecule has 17 heavy (non-hydrogen) atoms. The topological polar surface area (TPSA) is 38.3 Å². The summed E-state index contributed by atoms with van der Waals surface area (Å²) in [5.74, 6) is 0. The number of amides is 1. The summed E-state index contributed by atoms with van der Waals surface area (Å²) >= 11 is 0. The zero-order chi connectivity index (χ0) is 12.5. The summed E-state index contributed by atoms with van der Waals surface area (Å²) in [4.78, 5) is 11.4. The highest BCUT2D eigenvalue weighted by atomic mass is 16.5. The van der Waals surface area contributed by atoms with Gasteiger partial charge < -0.3 is 10.1 Å². The maximum absolute atomic E-state index is 11.4. The SMILES string of the molecule is C=CC[C@@H](Cc1ccccc1)NC(=O)OCC. The summed E-state index contributed by atoms with van der Waals surface area (Å²) in [5.41, 5.74) is 1.19. The zero-order valence-electron chi connectivity index (χ0n) is 10.2. The molecule has 0 spiro atoms. The monoisotopic (exact) mass is 233 g/mol. The Morgan fingerprint density at radius 2 is 2.18 bits per heavy atom. The van der Waals surface area contributed by atoms with Gasteiger partial charge in [-0.3, -0.25) is 0 Å². The van der Waals surface area contributed by atoms with Crippen molar-refractivity contribution in [2.75, 3.05) is 6.61 Å². The fourth-order valence-electron chi connectivity index (χ4n) is 1.63. The molecule has 0 aliphatic rings. The average molecular weight is 233 g/mol. The van der Waals surface area contributed by atoms with Crippen molar-refractivity contribution in [3.8, 4) is 0 Å². The van der Waals surface area contributed by atoms with Crippen LogP contribution in [-0.2, 0) is 11.2 Å². The van der Waals surface area contributed by atoms with E-state index in [1.54, 1.807) is 13.0 Å². The number of ether oxygens (including phenoxy) is 1. The van der Waals surface area contributed by atoms with Gasteiger partial charge in [0.2, 0.25) is 0 Å². The summed E-state index contributed by atoms with van der Waals surface area (Å²) < 4.78 is 4.87. The Kier molecular flexibility index (Phi) is 5.86. The van der Waals surface area contributed by atoms with Gasteiger partial charge in [0, 0.05) is 6.04 Å². The lowest BCUT2D eigenvalue weighted by Gasteiger charge is -2.16. The fourth-order valence-corrected chi connectivity index (χ4v) is 1.63. The molecule has 0 bridgehead atoms. The van der Waals surface area contributed by atoms with Crippen molar-refractivity contribution >= 4 is 6.09 Å². The number of carbonyl (C=O) groups excluding carboxylic acids is 1. The maximum atomic E-state index is 11.4. The van der Waals surface area contributed by atoms with E-state index in [2.05, 4.69) is 11.9 Å². The molecule has 0 aromatic heterocycles. The first-order chi connectivity index (χ1) is 8.26. The van der Waals surface area contributed by atoms with Crippen molar-refractivity contribution in [1.29, 1.82) is 0 Å². The van der Waals surface area contributed by atoms with Crippen LogP contribution >= 0.6 is 0 Å². The van der Waals surface area contributed by atoms with Crippen molar-refractivity contribution in [3.63, 3.8) is 0 Å². The molecule has 0 aliphatic heterocycles. The summed E-state index contributed by atoms with van der Waals surface area (Å²) in [5, 5.41) is 2.83. The summed E-state index contributed by atoms with van der Waals surface area (Å²) in [7, 11) is 0. The van der Waals surface area contributed by atoms with Gasteiger partial charge in [-0.25, -0.2) is 4.79 Å². The molecule has 0 heterocycles. The number of benzene rings is 1. The summed E-state index contributed by atoms with van der Waals surface area (Å²) in [6.07, 6.45) is 2.95. The highest BCUT2D eigenvalue weighted by Crippen LogP contribution is 2.06. The predicted octanol–water partition coefficient (Wildman–Crippen LogP) is 2.92. The second-order valence-corrected chi connectivity index (χ2v) is 3.78. The van der Waals surface area contributed by atoms with Crippen LogP contribution in [0.25, 0.3) is 0 Å². The van der Waals surface area contributed by atoms with Gasteiger partial charge in [0.25, 0.3) is 0 Å². The van der Waals surface area contributed by atoms with Crippen LogP contribution in [0.4, 0.5) is 4.79 Å². The minimum absolute atomic E-state index is 0.0361. The van der Waals surface area contributed by atoms with Crippen LogP contribution in [-0.4, -0.2) is 18.7 Å². The second-order valence-electron chi connectivity index (χ2n) is 3.78. The lowest BCUT2D eigenvalue weighted by atomic mass is 10.0. The molecule has 0 saturated heterocycles. The van der Waals surface area contributed by atoms with Gasteiger partial charge in [-0.15, -0.1) is 6.58 Å². The van der Waals surface area contributed by atoms with E-state index in [0.29, 0.717) is 6.61 Å². The third-order valence-electron chi connectivity index (χ3n) is 2.37. The number of alkyl carbamates (subject to hydrolysis) is 1. The Bertz CT molecular complexity index is 348. The normalized spacial score (nSPS) is 11.6. The largest absolute Gasteiger partial charge is 0.450 e. The maximum Gasteiger partial charge on any atom is 0.407 e. The van der Waals surface area contributed by atoms with E-state index in [0.717, 1.165) is 12.8 Å². The third kappa shape index (κ3) is 5.20. The molecule has 0 aliphatic carbocycles. The van der Waals surface area contributed by atoms with E-state index in [4.69, 9.17) is 4.74 Å². The molecule has 0 radical (unpaired) electrons. The Morgan fingerprint density at radius 1 is 1.47 bits per heavy atom. The highest BCUT2D eigenvalue weighted by molar-refractivity contribution is 5.67. The number of carbonyl (C=O) groups is 1. The van der Waals surface area contributed by atoms with Gasteiger partial charge in [0.05, 0.1) is 6.61 Å². The van der Waals surface area contributed by atoms with Gasteiger partial charge >= 0.3 is 6.09 Å². The van der Waals surface area contributed by atoms with E-state index in [9.17, 15) is 4.79 Å². The smallest absolute Gasteiger partial charge is 0.407 e. The predicted molar refractivity (Wildman–Crippen MR) is 68.9 cm³/mol. The third-order valence-corrected chi connectivity index (χ3v) is 2.37. The Morgan fingerprint density at radius 3 is 2.76 bits per heavy atom. The molecule has 1 N–H and O–H groups in total. The number of hydrogen-bond donors (Lipinski definition) is 1. The van der Waals surface area contributed by atoms with Crippen LogP contribution in [0.3, 0.4) is 0 Å². The van der Waals surface area contributed by atoms with Crippen LogP contribution in [0.15, 0.2) is 43.0 Å². The molecule has 3 heteroatoms. The Balaban J connectivity index is 2.54. The van der Waals surface area contributed by atoms with E-state index in [-0.39, 0.29) is 12.1 Å². The van der Waals surface area contributed by atoms with Gasteiger partial charge in [0.1, 0.15) is 0 Å². The molecule has 1 atom stereocenters. The quantitative estimate of drug-likeness (QED) is 0.767. The first-order valence-corrected chi connectivity index (χ1v) is 5.84. The van der Waals surface area contributed by atoms with Gasteiger partial charge in [-0.1, -0.05) is 36.4 Å². The van der Waals surface area contributed by atoms with Crippen molar-refractivity contribution in [3.05, 3.63) is 48.6 Å². The van der Waals surface area contributed by atoms with E-state index in [1.165, 1.54) is 5.56 Å². The fraction of sp³-hybridized carbons (Fsp3) is 0.357. The van der Waals surface area contributed by atoms with Crippen molar-refractivity contribution in [2.45, 2.75) is 25.8 Å². The highest BCUT2D eigenvalue weighted by Gasteiger charge is 2.11. The molecule has 1 aromatic carbocycles. The summed E-state index contributed by atoms with van der Waals surface area (Å²) in [6, 6.07) is 10.1. The van der Waals surface area contributed by atoms with Crippen LogP contribution < -0.4 is 5.32 Å². The average Bonchev–Trinajstić information content (AvgIpc) is 2.31. The first-order valence-electron chi connectivity index (χ1n) is 5.84. The number of rotatable bonds is 6. The lowest BCUT2D eigenvalue weighted by molar-refractivity contribution is 0.148. The van der Waals surface area contributed by atoms with Crippen LogP contribution in [0, 0.1) is 0 Å². The Labute approximate surface area is 102 Å². The standard InChI is InChI=1S/C14H19NO2/c1-3-8-13(15-14(16)17-4-2)11-12-9-6-5-7-10-12/h3,5-7,9-10,13H,1,4,8,11H2,2H3,(H,15,16)/t13-/m0/s1. The van der Waals surface area contributed by atoms with E-state index in [1.807, 2.05) is 30.3 Å².